The van der Waals surface area contributed by atoms with Crippen LogP contribution in [0.4, 0.5) is 22.2 Å². The average Bonchev–Trinajstić information content (AvgIpc) is 3.34. The van der Waals surface area contributed by atoms with Crippen LogP contribution in [0.25, 0.3) is 0 Å². The summed E-state index contributed by atoms with van der Waals surface area (Å²) >= 11 is 0. The van der Waals surface area contributed by atoms with E-state index < -0.39 is 5.54 Å². The second-order valence-electron chi connectivity index (χ2n) is 8.08. The van der Waals surface area contributed by atoms with Crippen LogP contribution in [0, 0.1) is 6.92 Å². The van der Waals surface area contributed by atoms with Crippen molar-refractivity contribution < 1.29 is 14.1 Å². The lowest BCUT2D eigenvalue weighted by molar-refractivity contribution is -0.123. The molecular weight excluding hydrogens is 374 g/mol. The summed E-state index contributed by atoms with van der Waals surface area (Å²) in [6.45, 7) is 5.23. The van der Waals surface area contributed by atoms with E-state index >= 15 is 0 Å². The number of likely N-dealkylation sites (N-methyl/N-ethyl adjacent to an activating group) is 1. The van der Waals surface area contributed by atoms with Crippen LogP contribution in [0.5, 0.6) is 0 Å². The molecular formula is C19H25N7O3. The van der Waals surface area contributed by atoms with E-state index in [1.54, 1.807) is 46.1 Å². The minimum Gasteiger partial charge on any atom is -0.367 e. The summed E-state index contributed by atoms with van der Waals surface area (Å²) in [5.74, 6) is 1.51. The molecule has 2 atom stereocenters. The van der Waals surface area contributed by atoms with Crippen molar-refractivity contribution in [3.05, 3.63) is 24.2 Å². The van der Waals surface area contributed by atoms with Crippen LogP contribution in [0.2, 0.25) is 0 Å². The Bertz CT molecular complexity index is 924. The van der Waals surface area contributed by atoms with Crippen molar-refractivity contribution in [2.24, 2.45) is 0 Å². The van der Waals surface area contributed by atoms with Gasteiger partial charge < -0.3 is 20.1 Å². The summed E-state index contributed by atoms with van der Waals surface area (Å²) in [5, 5.41) is 10.6. The van der Waals surface area contributed by atoms with E-state index in [2.05, 4.69) is 25.8 Å². The third-order valence-electron chi connectivity index (χ3n) is 5.69. The first-order chi connectivity index (χ1) is 13.8. The van der Waals surface area contributed by atoms with Crippen molar-refractivity contribution in [1.82, 2.24) is 20.0 Å². The minimum atomic E-state index is -0.864. The molecule has 2 aliphatic rings. The van der Waals surface area contributed by atoms with Gasteiger partial charge in [0, 0.05) is 26.1 Å². The van der Waals surface area contributed by atoms with Gasteiger partial charge in [-0.25, -0.2) is 14.7 Å². The SMILES string of the molecule is Cc1nc(N[C@H]2CC[C@H](Nc3ccc(N4C(=O)N(C)C(C)(C)C4=O)cn3)C2)no1. The van der Waals surface area contributed by atoms with Crippen molar-refractivity contribution in [1.29, 1.82) is 0 Å². The standard InChI is InChI=1S/C19H25N7O3/c1-11-21-17(24-29-11)23-13-6-5-12(9-13)22-15-8-7-14(10-20-15)26-16(27)19(2,3)25(4)18(26)28/h7-8,10,12-13H,5-6,9H2,1-4H3,(H,20,22)(H,23,24)/t12-,13-/m0/s1. The largest absolute Gasteiger partial charge is 0.367 e. The van der Waals surface area contributed by atoms with Crippen LogP contribution in [-0.4, -0.2) is 56.6 Å². The summed E-state index contributed by atoms with van der Waals surface area (Å²) < 4.78 is 4.98. The van der Waals surface area contributed by atoms with E-state index in [1.807, 2.05) is 0 Å². The molecule has 2 aromatic rings. The van der Waals surface area contributed by atoms with E-state index in [0.717, 1.165) is 19.3 Å². The zero-order chi connectivity index (χ0) is 20.8. The number of imide groups is 1. The summed E-state index contributed by atoms with van der Waals surface area (Å²) in [6, 6.07) is 3.72. The van der Waals surface area contributed by atoms with Gasteiger partial charge in [0.05, 0.1) is 11.9 Å². The fourth-order valence-corrected chi connectivity index (χ4v) is 3.72. The summed E-state index contributed by atoms with van der Waals surface area (Å²) in [5.41, 5.74) is -0.390. The smallest absolute Gasteiger partial charge is 0.332 e. The maximum atomic E-state index is 12.6. The van der Waals surface area contributed by atoms with Gasteiger partial charge in [0.25, 0.3) is 11.9 Å². The van der Waals surface area contributed by atoms with Crippen molar-refractivity contribution in [3.63, 3.8) is 0 Å². The monoisotopic (exact) mass is 399 g/mol. The quantitative estimate of drug-likeness (QED) is 0.736. The van der Waals surface area contributed by atoms with E-state index in [1.165, 1.54) is 9.80 Å². The number of urea groups is 1. The first-order valence-electron chi connectivity index (χ1n) is 9.67. The number of aromatic nitrogens is 3. The van der Waals surface area contributed by atoms with Crippen molar-refractivity contribution in [3.8, 4) is 0 Å². The predicted octanol–water partition coefficient (Wildman–Crippen LogP) is 2.40. The van der Waals surface area contributed by atoms with Gasteiger partial charge in [-0.2, -0.15) is 4.98 Å². The van der Waals surface area contributed by atoms with Crippen LogP contribution < -0.4 is 15.5 Å². The first-order valence-corrected chi connectivity index (χ1v) is 9.67. The van der Waals surface area contributed by atoms with Crippen LogP contribution in [0.3, 0.4) is 0 Å². The number of anilines is 3. The fourth-order valence-electron chi connectivity index (χ4n) is 3.72. The number of nitrogens with zero attached hydrogens (tertiary/aromatic N) is 5. The number of pyridine rings is 1. The molecule has 0 unspecified atom stereocenters. The highest BCUT2D eigenvalue weighted by Gasteiger charge is 2.50. The molecule has 0 bridgehead atoms. The Kier molecular flexibility index (Phi) is 4.64. The van der Waals surface area contributed by atoms with Gasteiger partial charge in [-0.05, 0) is 50.4 Å². The Morgan fingerprint density at radius 2 is 1.90 bits per heavy atom. The van der Waals surface area contributed by atoms with Crippen molar-refractivity contribution in [2.45, 2.75) is 57.7 Å². The number of rotatable bonds is 5. The first kappa shape index (κ1) is 19.2. The summed E-state index contributed by atoms with van der Waals surface area (Å²) in [7, 11) is 1.63. The van der Waals surface area contributed by atoms with E-state index in [-0.39, 0.29) is 24.0 Å². The Labute approximate surface area is 168 Å². The number of amides is 3. The highest BCUT2D eigenvalue weighted by molar-refractivity contribution is 6.22. The number of carbonyl (C=O) groups is 2. The van der Waals surface area contributed by atoms with Gasteiger partial charge in [0.2, 0.25) is 5.89 Å². The molecule has 0 radical (unpaired) electrons. The third kappa shape index (κ3) is 3.50. The lowest BCUT2D eigenvalue weighted by atomic mass is 10.1. The molecule has 3 heterocycles. The second-order valence-corrected chi connectivity index (χ2v) is 8.08. The van der Waals surface area contributed by atoms with E-state index in [9.17, 15) is 9.59 Å². The molecule has 0 aromatic carbocycles. The third-order valence-corrected chi connectivity index (χ3v) is 5.69. The van der Waals surface area contributed by atoms with Crippen LogP contribution in [-0.2, 0) is 4.79 Å². The van der Waals surface area contributed by atoms with Gasteiger partial charge >= 0.3 is 6.03 Å². The zero-order valence-electron chi connectivity index (χ0n) is 17.0. The summed E-state index contributed by atoms with van der Waals surface area (Å²) in [4.78, 5) is 36.2. The normalized spacial score (nSPS) is 23.7. The molecule has 29 heavy (non-hydrogen) atoms. The number of carbonyl (C=O) groups excluding carboxylic acids is 2. The van der Waals surface area contributed by atoms with E-state index in [4.69, 9.17) is 4.52 Å². The lowest BCUT2D eigenvalue weighted by Gasteiger charge is -2.22. The molecule has 154 valence electrons. The van der Waals surface area contributed by atoms with Gasteiger partial charge in [-0.3, -0.25) is 4.79 Å². The highest BCUT2D eigenvalue weighted by Crippen LogP contribution is 2.31. The van der Waals surface area contributed by atoms with E-state index in [0.29, 0.717) is 23.3 Å². The summed E-state index contributed by atoms with van der Waals surface area (Å²) in [6.07, 6.45) is 4.43. The Morgan fingerprint density at radius 1 is 1.17 bits per heavy atom. The van der Waals surface area contributed by atoms with Gasteiger partial charge in [-0.15, -0.1) is 0 Å². The Balaban J connectivity index is 1.37. The molecule has 2 fully saturated rings. The van der Waals surface area contributed by atoms with Crippen LogP contribution in [0.1, 0.15) is 39.0 Å². The number of nitrogens with one attached hydrogen (secondary N) is 2. The maximum Gasteiger partial charge on any atom is 0.332 e. The molecule has 1 aliphatic heterocycles. The molecule has 10 nitrogen and oxygen atoms in total. The minimum absolute atomic E-state index is 0.256. The van der Waals surface area contributed by atoms with Gasteiger partial charge in [0.1, 0.15) is 11.4 Å². The number of hydrogen-bond donors (Lipinski definition) is 2. The predicted molar refractivity (Wildman–Crippen MR) is 107 cm³/mol. The fraction of sp³-hybridized carbons (Fsp3) is 0.526. The molecule has 0 spiro atoms. The molecule has 2 N–H and O–H groups in total. The molecule has 1 saturated heterocycles. The topological polar surface area (TPSA) is 116 Å². The molecule has 2 aromatic heterocycles. The lowest BCUT2D eigenvalue weighted by Crippen LogP contribution is -2.41. The van der Waals surface area contributed by atoms with Crippen LogP contribution in [0.15, 0.2) is 22.9 Å². The Hall–Kier alpha value is -3.17. The molecule has 1 aliphatic carbocycles. The number of hydrogen-bond acceptors (Lipinski definition) is 8. The molecule has 4 rings (SSSR count). The second kappa shape index (κ2) is 7.02. The van der Waals surface area contributed by atoms with Crippen molar-refractivity contribution >= 4 is 29.4 Å². The zero-order valence-corrected chi connectivity index (χ0v) is 17.0. The van der Waals surface area contributed by atoms with Gasteiger partial charge in [0.15, 0.2) is 0 Å². The maximum absolute atomic E-state index is 12.6. The van der Waals surface area contributed by atoms with Crippen molar-refractivity contribution in [2.75, 3.05) is 22.6 Å². The highest BCUT2D eigenvalue weighted by atomic mass is 16.5. The van der Waals surface area contributed by atoms with Gasteiger partial charge in [-0.1, -0.05) is 0 Å². The molecule has 1 saturated carbocycles. The molecule has 3 amide bonds. The average molecular weight is 399 g/mol. The van der Waals surface area contributed by atoms with Crippen LogP contribution >= 0.6 is 0 Å². The Morgan fingerprint density at radius 3 is 2.45 bits per heavy atom. The molecule has 10 heteroatoms. The number of aryl methyl sites for hydroxylation is 1.